The van der Waals surface area contributed by atoms with Crippen LogP contribution in [-0.4, -0.2) is 30.1 Å². The maximum Gasteiger partial charge on any atom is 0.0492 e. The van der Waals surface area contributed by atoms with E-state index in [0.717, 1.165) is 13.1 Å². The van der Waals surface area contributed by atoms with Crippen LogP contribution < -0.4 is 0 Å². The van der Waals surface area contributed by atoms with Gasteiger partial charge >= 0.3 is 0 Å². The lowest BCUT2D eigenvalue weighted by Crippen LogP contribution is -2.18. The number of benzene rings is 2. The van der Waals surface area contributed by atoms with Gasteiger partial charge in [0.2, 0.25) is 0 Å². The van der Waals surface area contributed by atoms with Gasteiger partial charge in [0.25, 0.3) is 0 Å². The van der Waals surface area contributed by atoms with Crippen molar-refractivity contribution in [2.75, 3.05) is 20.6 Å². The summed E-state index contributed by atoms with van der Waals surface area (Å²) < 4.78 is 2.46. The van der Waals surface area contributed by atoms with Gasteiger partial charge in [0.05, 0.1) is 0 Å². The quantitative estimate of drug-likeness (QED) is 0.682. The van der Waals surface area contributed by atoms with Crippen molar-refractivity contribution in [3.05, 3.63) is 48.0 Å². The summed E-state index contributed by atoms with van der Waals surface area (Å²) in [6, 6.07) is 15.7. The Balaban J connectivity index is 2.24. The van der Waals surface area contributed by atoms with Crippen molar-refractivity contribution >= 4 is 21.8 Å². The number of aromatic nitrogens is 1. The molecule has 116 valence electrons. The lowest BCUT2D eigenvalue weighted by atomic mass is 9.86. The number of fused-ring (bicyclic) bond motifs is 3. The van der Waals surface area contributed by atoms with Crippen LogP contribution in [0.5, 0.6) is 0 Å². The first-order chi connectivity index (χ1) is 10.4. The molecule has 0 saturated heterocycles. The highest BCUT2D eigenvalue weighted by Crippen LogP contribution is 2.33. The first-order valence-electron chi connectivity index (χ1n) is 8.04. The van der Waals surface area contributed by atoms with E-state index < -0.39 is 0 Å². The number of rotatable bonds is 3. The van der Waals surface area contributed by atoms with Gasteiger partial charge in [-0.2, -0.15) is 0 Å². The number of nitrogens with zero attached hydrogens (tertiary/aromatic N) is 2. The molecule has 0 bridgehead atoms. The minimum Gasteiger partial charge on any atom is -0.339 e. The fraction of sp³-hybridized carbons (Fsp3) is 0.400. The maximum absolute atomic E-state index is 2.46. The van der Waals surface area contributed by atoms with Gasteiger partial charge in [-0.15, -0.1) is 0 Å². The third-order valence-corrected chi connectivity index (χ3v) is 4.41. The van der Waals surface area contributed by atoms with Gasteiger partial charge in [-0.05, 0) is 43.3 Å². The second-order valence-corrected chi connectivity index (χ2v) is 7.45. The van der Waals surface area contributed by atoms with E-state index in [2.05, 4.69) is 86.8 Å². The maximum atomic E-state index is 2.46. The monoisotopic (exact) mass is 294 g/mol. The fourth-order valence-corrected chi connectivity index (χ4v) is 3.06. The Morgan fingerprint density at radius 3 is 2.27 bits per heavy atom. The summed E-state index contributed by atoms with van der Waals surface area (Å²) in [5.41, 5.74) is 4.26. The minimum atomic E-state index is 0.182. The first-order valence-corrected chi connectivity index (χ1v) is 8.04. The van der Waals surface area contributed by atoms with Gasteiger partial charge in [-0.1, -0.05) is 45.0 Å². The minimum absolute atomic E-state index is 0.182. The zero-order valence-electron chi connectivity index (χ0n) is 14.4. The number of hydrogen-bond acceptors (Lipinski definition) is 1. The molecular formula is C20H26N2. The molecule has 1 aromatic heterocycles. The molecule has 3 aromatic rings. The molecule has 3 rings (SSSR count). The van der Waals surface area contributed by atoms with Crippen LogP contribution in [-0.2, 0) is 12.0 Å². The average molecular weight is 294 g/mol. The predicted molar refractivity (Wildman–Crippen MR) is 96.7 cm³/mol. The van der Waals surface area contributed by atoms with Gasteiger partial charge in [0, 0.05) is 34.9 Å². The summed E-state index contributed by atoms with van der Waals surface area (Å²) in [6.07, 6.45) is 0. The molecule has 2 aromatic carbocycles. The van der Waals surface area contributed by atoms with E-state index in [-0.39, 0.29) is 5.41 Å². The lowest BCUT2D eigenvalue weighted by Gasteiger charge is -2.19. The number of likely N-dealkylation sites (N-methyl/N-ethyl adjacent to an activating group) is 1. The van der Waals surface area contributed by atoms with Crippen LogP contribution in [0.25, 0.3) is 21.8 Å². The highest BCUT2D eigenvalue weighted by Gasteiger charge is 2.17. The fourth-order valence-electron chi connectivity index (χ4n) is 3.06. The molecule has 0 aliphatic heterocycles. The standard InChI is InChI=1S/C20H26N2/c1-20(2,3)15-10-11-19-17(14-15)16-8-6-7-9-18(16)22(19)13-12-21(4)5/h6-11,14H,12-13H2,1-5H3. The molecule has 22 heavy (non-hydrogen) atoms. The molecule has 0 aliphatic rings. The Hall–Kier alpha value is -1.80. The second-order valence-electron chi connectivity index (χ2n) is 7.45. The number of para-hydroxylation sites is 1. The van der Waals surface area contributed by atoms with Crippen LogP contribution in [0.2, 0.25) is 0 Å². The van der Waals surface area contributed by atoms with Crippen LogP contribution in [0.15, 0.2) is 42.5 Å². The van der Waals surface area contributed by atoms with Gasteiger partial charge in [-0.3, -0.25) is 0 Å². The summed E-state index contributed by atoms with van der Waals surface area (Å²) in [5.74, 6) is 0. The molecule has 2 nitrogen and oxygen atoms in total. The molecule has 1 heterocycles. The summed E-state index contributed by atoms with van der Waals surface area (Å²) in [4.78, 5) is 2.24. The van der Waals surface area contributed by atoms with E-state index >= 15 is 0 Å². The number of hydrogen-bond donors (Lipinski definition) is 0. The topological polar surface area (TPSA) is 8.17 Å². The van der Waals surface area contributed by atoms with Gasteiger partial charge in [0.1, 0.15) is 0 Å². The smallest absolute Gasteiger partial charge is 0.0492 e. The SMILES string of the molecule is CN(C)CCn1c2ccccc2c2cc(C(C)(C)C)ccc21. The average Bonchev–Trinajstić information content (AvgIpc) is 2.77. The van der Waals surface area contributed by atoms with Gasteiger partial charge in [0.15, 0.2) is 0 Å². The third-order valence-electron chi connectivity index (χ3n) is 4.41. The molecule has 0 amide bonds. The van der Waals surface area contributed by atoms with Crippen molar-refractivity contribution in [1.29, 1.82) is 0 Å². The molecule has 0 radical (unpaired) electrons. The van der Waals surface area contributed by atoms with Crippen LogP contribution in [0.1, 0.15) is 26.3 Å². The molecule has 2 heteroatoms. The molecule has 0 N–H and O–H groups in total. The first kappa shape index (κ1) is 15.1. The highest BCUT2D eigenvalue weighted by molar-refractivity contribution is 6.08. The predicted octanol–water partition coefficient (Wildman–Crippen LogP) is 4.65. The van der Waals surface area contributed by atoms with E-state index in [1.54, 1.807) is 0 Å². The second kappa shape index (κ2) is 5.44. The van der Waals surface area contributed by atoms with E-state index in [0.29, 0.717) is 0 Å². The summed E-state index contributed by atoms with van der Waals surface area (Å²) in [5, 5.41) is 2.74. The van der Waals surface area contributed by atoms with Crippen LogP contribution in [0.3, 0.4) is 0 Å². The molecular weight excluding hydrogens is 268 g/mol. The molecule has 0 aliphatic carbocycles. The van der Waals surface area contributed by atoms with Crippen molar-refractivity contribution < 1.29 is 0 Å². The Kier molecular flexibility index (Phi) is 3.73. The van der Waals surface area contributed by atoms with E-state index in [1.165, 1.54) is 27.4 Å². The summed E-state index contributed by atoms with van der Waals surface area (Å²) in [6.45, 7) is 8.90. The van der Waals surface area contributed by atoms with E-state index in [4.69, 9.17) is 0 Å². The Labute approximate surface area is 133 Å². The molecule has 0 saturated carbocycles. The molecule has 0 spiro atoms. The molecule has 0 unspecified atom stereocenters. The Bertz CT molecular complexity index is 804. The third kappa shape index (κ3) is 2.64. The Morgan fingerprint density at radius 1 is 0.909 bits per heavy atom. The van der Waals surface area contributed by atoms with Crippen molar-refractivity contribution in [2.24, 2.45) is 0 Å². The summed E-state index contributed by atoms with van der Waals surface area (Å²) in [7, 11) is 4.26. The largest absolute Gasteiger partial charge is 0.339 e. The van der Waals surface area contributed by atoms with Crippen molar-refractivity contribution in [3.8, 4) is 0 Å². The van der Waals surface area contributed by atoms with Crippen LogP contribution in [0.4, 0.5) is 0 Å². The van der Waals surface area contributed by atoms with Crippen molar-refractivity contribution in [1.82, 2.24) is 9.47 Å². The van der Waals surface area contributed by atoms with Crippen molar-refractivity contribution in [2.45, 2.75) is 32.7 Å². The molecule has 0 atom stereocenters. The van der Waals surface area contributed by atoms with Crippen molar-refractivity contribution in [3.63, 3.8) is 0 Å². The van der Waals surface area contributed by atoms with Crippen LogP contribution in [0, 0.1) is 0 Å². The van der Waals surface area contributed by atoms with E-state index in [9.17, 15) is 0 Å². The normalized spacial score (nSPS) is 12.6. The zero-order chi connectivity index (χ0) is 15.9. The molecule has 0 fully saturated rings. The zero-order valence-corrected chi connectivity index (χ0v) is 14.4. The van der Waals surface area contributed by atoms with E-state index in [1.807, 2.05) is 0 Å². The Morgan fingerprint density at radius 2 is 1.59 bits per heavy atom. The van der Waals surface area contributed by atoms with Crippen LogP contribution >= 0.6 is 0 Å². The summed E-state index contributed by atoms with van der Waals surface area (Å²) >= 11 is 0. The highest BCUT2D eigenvalue weighted by atomic mass is 15.1. The lowest BCUT2D eigenvalue weighted by molar-refractivity contribution is 0.389. The van der Waals surface area contributed by atoms with Gasteiger partial charge in [-0.25, -0.2) is 0 Å². The van der Waals surface area contributed by atoms with Gasteiger partial charge < -0.3 is 9.47 Å².